The van der Waals surface area contributed by atoms with E-state index in [0.717, 1.165) is 11.3 Å². The summed E-state index contributed by atoms with van der Waals surface area (Å²) in [5.74, 6) is -0.471. The van der Waals surface area contributed by atoms with E-state index in [-0.39, 0.29) is 11.8 Å². The molecule has 0 aliphatic carbocycles. The van der Waals surface area contributed by atoms with Gasteiger partial charge in [0.25, 0.3) is 5.91 Å². The van der Waals surface area contributed by atoms with Gasteiger partial charge in [-0.2, -0.15) is 0 Å². The summed E-state index contributed by atoms with van der Waals surface area (Å²) >= 11 is 6.36. The van der Waals surface area contributed by atoms with Crippen LogP contribution in [0.4, 0.5) is 4.79 Å². The third-order valence-electron chi connectivity index (χ3n) is 4.01. The van der Waals surface area contributed by atoms with Gasteiger partial charge in [-0.1, -0.05) is 18.5 Å². The molecule has 1 fully saturated rings. The summed E-state index contributed by atoms with van der Waals surface area (Å²) in [5.41, 5.74) is 0.552. The molecule has 1 aliphatic heterocycles. The topological polar surface area (TPSA) is 94.2 Å². The second-order valence-corrected chi connectivity index (χ2v) is 6.46. The molecule has 0 unspecified atom stereocenters. The predicted molar refractivity (Wildman–Crippen MR) is 103 cm³/mol. The Morgan fingerprint density at radius 1 is 1.32 bits per heavy atom. The Morgan fingerprint density at radius 3 is 2.64 bits per heavy atom. The lowest BCUT2D eigenvalue weighted by molar-refractivity contribution is -0.143. The summed E-state index contributed by atoms with van der Waals surface area (Å²) in [6.07, 6.45) is 2.20. The van der Waals surface area contributed by atoms with E-state index in [9.17, 15) is 14.4 Å². The first-order valence-electron chi connectivity index (χ1n) is 8.85. The maximum absolute atomic E-state index is 12.4. The molecule has 28 heavy (non-hydrogen) atoms. The molecule has 152 valence electrons. The van der Waals surface area contributed by atoms with E-state index < -0.39 is 24.5 Å². The number of nitrogens with one attached hydrogen (secondary N) is 1. The van der Waals surface area contributed by atoms with Gasteiger partial charge in [0.1, 0.15) is 12.2 Å². The van der Waals surface area contributed by atoms with Crippen LogP contribution in [0.1, 0.15) is 32.8 Å². The van der Waals surface area contributed by atoms with Gasteiger partial charge in [0.05, 0.1) is 24.8 Å². The van der Waals surface area contributed by atoms with Crippen molar-refractivity contribution in [1.82, 2.24) is 10.2 Å². The Morgan fingerprint density at radius 2 is 2.04 bits per heavy atom. The maximum atomic E-state index is 12.4. The summed E-state index contributed by atoms with van der Waals surface area (Å²) in [6.45, 7) is 5.68. The van der Waals surface area contributed by atoms with Crippen molar-refractivity contribution >= 4 is 35.6 Å². The zero-order chi connectivity index (χ0) is 20.8. The standard InChI is InChI=1S/C19H23ClN2O6/c1-5-11(3)28-17-13(20)7-12(9-15(17)27-6-2)8-14-18(24)22(19(25)21-14)10-16(23)26-4/h7-9,11H,5-6,10H2,1-4H3,(H,21,25)/b14-8+/t11-/m1/s1. The van der Waals surface area contributed by atoms with Crippen molar-refractivity contribution in [2.45, 2.75) is 33.3 Å². The molecule has 0 radical (unpaired) electrons. The Balaban J connectivity index is 2.33. The lowest BCUT2D eigenvalue weighted by atomic mass is 10.1. The van der Waals surface area contributed by atoms with Crippen molar-refractivity contribution in [2.24, 2.45) is 0 Å². The lowest BCUT2D eigenvalue weighted by Crippen LogP contribution is -2.36. The van der Waals surface area contributed by atoms with Crippen molar-refractivity contribution in [3.05, 3.63) is 28.4 Å². The first-order chi connectivity index (χ1) is 13.3. The number of methoxy groups -OCH3 is 1. The van der Waals surface area contributed by atoms with Crippen molar-refractivity contribution in [2.75, 3.05) is 20.3 Å². The Bertz CT molecular complexity index is 808. The summed E-state index contributed by atoms with van der Waals surface area (Å²) in [5, 5.41) is 2.75. The number of rotatable bonds is 8. The van der Waals surface area contributed by atoms with Gasteiger partial charge in [0.2, 0.25) is 0 Å². The highest BCUT2D eigenvalue weighted by Gasteiger charge is 2.35. The molecule has 1 saturated heterocycles. The van der Waals surface area contributed by atoms with Gasteiger partial charge in [0.15, 0.2) is 11.5 Å². The minimum Gasteiger partial charge on any atom is -0.490 e. The number of amides is 3. The van der Waals surface area contributed by atoms with Crippen LogP contribution < -0.4 is 14.8 Å². The number of esters is 1. The number of carbonyl (C=O) groups is 3. The number of ether oxygens (including phenoxy) is 3. The van der Waals surface area contributed by atoms with Crippen LogP contribution in [-0.4, -0.2) is 49.2 Å². The van der Waals surface area contributed by atoms with Gasteiger partial charge in [-0.25, -0.2) is 9.69 Å². The second-order valence-electron chi connectivity index (χ2n) is 6.06. The van der Waals surface area contributed by atoms with Crippen LogP contribution in [0.15, 0.2) is 17.8 Å². The molecule has 1 aromatic rings. The second kappa shape index (κ2) is 9.45. The van der Waals surface area contributed by atoms with Crippen LogP contribution in [0.25, 0.3) is 6.08 Å². The molecular formula is C19H23ClN2O6. The average molecular weight is 411 g/mol. The van der Waals surface area contributed by atoms with Crippen molar-refractivity contribution in [3.8, 4) is 11.5 Å². The molecule has 1 heterocycles. The van der Waals surface area contributed by atoms with Crippen LogP contribution in [0.3, 0.4) is 0 Å². The molecule has 8 nitrogen and oxygen atoms in total. The summed E-state index contributed by atoms with van der Waals surface area (Å²) < 4.78 is 16.0. The van der Waals surface area contributed by atoms with E-state index in [1.165, 1.54) is 13.2 Å². The van der Waals surface area contributed by atoms with Crippen molar-refractivity contribution < 1.29 is 28.6 Å². The molecule has 1 aliphatic rings. The molecule has 1 N–H and O–H groups in total. The van der Waals surface area contributed by atoms with Gasteiger partial charge < -0.3 is 19.5 Å². The fourth-order valence-corrected chi connectivity index (χ4v) is 2.67. The predicted octanol–water partition coefficient (Wildman–Crippen LogP) is 2.98. The highest BCUT2D eigenvalue weighted by molar-refractivity contribution is 6.32. The van der Waals surface area contributed by atoms with E-state index in [1.54, 1.807) is 12.1 Å². The molecule has 0 aromatic heterocycles. The number of hydrogen-bond donors (Lipinski definition) is 1. The Hall–Kier alpha value is -2.74. The number of hydrogen-bond acceptors (Lipinski definition) is 6. The van der Waals surface area contributed by atoms with Crippen LogP contribution in [-0.2, 0) is 14.3 Å². The maximum Gasteiger partial charge on any atom is 0.329 e. The minimum atomic E-state index is -0.700. The smallest absolute Gasteiger partial charge is 0.329 e. The first-order valence-corrected chi connectivity index (χ1v) is 9.22. The van der Waals surface area contributed by atoms with E-state index in [2.05, 4.69) is 10.1 Å². The quantitative estimate of drug-likeness (QED) is 0.402. The molecule has 1 aromatic carbocycles. The zero-order valence-electron chi connectivity index (χ0n) is 16.2. The fourth-order valence-electron chi connectivity index (χ4n) is 2.41. The van der Waals surface area contributed by atoms with Crippen LogP contribution >= 0.6 is 11.6 Å². The van der Waals surface area contributed by atoms with Crippen LogP contribution in [0.5, 0.6) is 11.5 Å². The average Bonchev–Trinajstić information content (AvgIpc) is 2.91. The minimum absolute atomic E-state index is 0.0167. The van der Waals surface area contributed by atoms with E-state index in [0.29, 0.717) is 28.7 Å². The van der Waals surface area contributed by atoms with Crippen molar-refractivity contribution in [3.63, 3.8) is 0 Å². The van der Waals surface area contributed by atoms with Crippen LogP contribution in [0.2, 0.25) is 5.02 Å². The number of urea groups is 1. The third-order valence-corrected chi connectivity index (χ3v) is 4.29. The van der Waals surface area contributed by atoms with Gasteiger partial charge in [-0.05, 0) is 44.0 Å². The molecular weight excluding hydrogens is 388 g/mol. The Kier molecular flexibility index (Phi) is 7.28. The van der Waals surface area contributed by atoms with Gasteiger partial charge in [-0.15, -0.1) is 0 Å². The SMILES string of the molecule is CCOc1cc(/C=C2/NC(=O)N(CC(=O)OC)C2=O)cc(Cl)c1O[C@H](C)CC. The summed E-state index contributed by atoms with van der Waals surface area (Å²) in [7, 11) is 1.18. The molecule has 0 spiro atoms. The summed E-state index contributed by atoms with van der Waals surface area (Å²) in [6, 6.07) is 2.58. The number of imide groups is 1. The normalized spacial score (nSPS) is 16.2. The number of nitrogens with zero attached hydrogens (tertiary/aromatic N) is 1. The van der Waals surface area contributed by atoms with E-state index >= 15 is 0 Å². The third kappa shape index (κ3) is 4.95. The fraction of sp³-hybridized carbons (Fsp3) is 0.421. The summed E-state index contributed by atoms with van der Waals surface area (Å²) in [4.78, 5) is 36.5. The molecule has 0 bridgehead atoms. The van der Waals surface area contributed by atoms with Gasteiger partial charge in [-0.3, -0.25) is 9.59 Å². The van der Waals surface area contributed by atoms with E-state index in [1.807, 2.05) is 20.8 Å². The largest absolute Gasteiger partial charge is 0.490 e. The van der Waals surface area contributed by atoms with E-state index in [4.69, 9.17) is 21.1 Å². The number of carbonyl (C=O) groups excluding carboxylic acids is 3. The lowest BCUT2D eigenvalue weighted by Gasteiger charge is -2.18. The van der Waals surface area contributed by atoms with Gasteiger partial charge in [0, 0.05) is 0 Å². The molecule has 3 amide bonds. The Labute approximate surface area is 168 Å². The number of halogens is 1. The molecule has 0 saturated carbocycles. The van der Waals surface area contributed by atoms with Gasteiger partial charge >= 0.3 is 12.0 Å². The highest BCUT2D eigenvalue weighted by Crippen LogP contribution is 2.38. The highest BCUT2D eigenvalue weighted by atomic mass is 35.5. The van der Waals surface area contributed by atoms with Crippen molar-refractivity contribution in [1.29, 1.82) is 0 Å². The molecule has 2 rings (SSSR count). The first kappa shape index (κ1) is 21.6. The van der Waals surface area contributed by atoms with Crippen LogP contribution in [0, 0.1) is 0 Å². The monoisotopic (exact) mass is 410 g/mol. The molecule has 9 heteroatoms. The zero-order valence-corrected chi connectivity index (χ0v) is 17.0. The number of benzene rings is 1. The molecule has 1 atom stereocenters.